The first-order chi connectivity index (χ1) is 6.93. The topological polar surface area (TPSA) is 69.1 Å². The van der Waals surface area contributed by atoms with Gasteiger partial charge in [0.25, 0.3) is 0 Å². The van der Waals surface area contributed by atoms with Gasteiger partial charge in [0.15, 0.2) is 5.78 Å². The number of anilines is 2. The lowest BCUT2D eigenvalue weighted by Crippen LogP contribution is -2.31. The van der Waals surface area contributed by atoms with Crippen molar-refractivity contribution in [2.24, 2.45) is 5.41 Å². The molecule has 3 nitrogen and oxygen atoms in total. The van der Waals surface area contributed by atoms with Crippen LogP contribution in [0.25, 0.3) is 0 Å². The maximum absolute atomic E-state index is 12.2. The van der Waals surface area contributed by atoms with Crippen molar-refractivity contribution in [2.45, 2.75) is 26.7 Å². The van der Waals surface area contributed by atoms with E-state index in [-0.39, 0.29) is 11.2 Å². The van der Waals surface area contributed by atoms with Crippen LogP contribution in [-0.2, 0) is 6.42 Å². The first-order valence-electron chi connectivity index (χ1n) is 5.15. The van der Waals surface area contributed by atoms with Crippen LogP contribution in [0.1, 0.15) is 36.2 Å². The summed E-state index contributed by atoms with van der Waals surface area (Å²) < 4.78 is 0. The zero-order valence-corrected chi connectivity index (χ0v) is 9.13. The Morgan fingerprint density at radius 2 is 1.80 bits per heavy atom. The van der Waals surface area contributed by atoms with Crippen molar-refractivity contribution in [1.29, 1.82) is 0 Å². The third kappa shape index (κ3) is 1.39. The molecule has 80 valence electrons. The lowest BCUT2D eigenvalue weighted by Gasteiger charge is -2.31. The number of fused-ring (bicyclic) bond motifs is 1. The Balaban J connectivity index is 2.66. The van der Waals surface area contributed by atoms with E-state index >= 15 is 0 Å². The van der Waals surface area contributed by atoms with Crippen LogP contribution in [0.3, 0.4) is 0 Å². The molecule has 0 spiro atoms. The number of hydrogen-bond donors (Lipinski definition) is 2. The second-order valence-corrected chi connectivity index (χ2v) is 4.81. The zero-order chi connectivity index (χ0) is 11.2. The van der Waals surface area contributed by atoms with Gasteiger partial charge >= 0.3 is 0 Å². The molecule has 3 heteroatoms. The summed E-state index contributed by atoms with van der Waals surface area (Å²) in [5.41, 5.74) is 14.2. The number of rotatable bonds is 0. The van der Waals surface area contributed by atoms with Crippen LogP contribution in [0.2, 0.25) is 0 Å². The third-order valence-electron chi connectivity index (χ3n) is 3.22. The number of nitrogen functional groups attached to an aromatic ring is 2. The predicted octanol–water partition coefficient (Wildman–Crippen LogP) is 2.01. The van der Waals surface area contributed by atoms with E-state index in [0.717, 1.165) is 18.4 Å². The number of benzene rings is 1. The summed E-state index contributed by atoms with van der Waals surface area (Å²) in [7, 11) is 0. The highest BCUT2D eigenvalue weighted by Crippen LogP contribution is 2.39. The third-order valence-corrected chi connectivity index (χ3v) is 3.22. The summed E-state index contributed by atoms with van der Waals surface area (Å²) in [5.74, 6) is 0.119. The van der Waals surface area contributed by atoms with Gasteiger partial charge in [-0.05, 0) is 30.5 Å². The second-order valence-electron chi connectivity index (χ2n) is 4.81. The minimum absolute atomic E-state index is 0.119. The van der Waals surface area contributed by atoms with Crippen molar-refractivity contribution in [1.82, 2.24) is 0 Å². The maximum Gasteiger partial charge on any atom is 0.170 e. The highest BCUT2D eigenvalue weighted by atomic mass is 16.1. The summed E-state index contributed by atoms with van der Waals surface area (Å²) >= 11 is 0. The first kappa shape index (κ1) is 10.0. The van der Waals surface area contributed by atoms with E-state index in [1.54, 1.807) is 12.1 Å². The highest BCUT2D eigenvalue weighted by Gasteiger charge is 2.36. The predicted molar refractivity (Wildman–Crippen MR) is 61.7 cm³/mol. The summed E-state index contributed by atoms with van der Waals surface area (Å²) in [6, 6.07) is 3.49. The van der Waals surface area contributed by atoms with Gasteiger partial charge in [-0.2, -0.15) is 0 Å². The largest absolute Gasteiger partial charge is 0.398 e. The van der Waals surface area contributed by atoms with Crippen LogP contribution >= 0.6 is 0 Å². The van der Waals surface area contributed by atoms with E-state index in [1.807, 2.05) is 13.8 Å². The van der Waals surface area contributed by atoms with Crippen molar-refractivity contribution in [3.8, 4) is 0 Å². The highest BCUT2D eigenvalue weighted by molar-refractivity contribution is 6.07. The van der Waals surface area contributed by atoms with Crippen molar-refractivity contribution in [2.75, 3.05) is 11.5 Å². The molecule has 0 atom stereocenters. The van der Waals surface area contributed by atoms with Gasteiger partial charge in [-0.15, -0.1) is 0 Å². The number of hydrogen-bond acceptors (Lipinski definition) is 3. The van der Waals surface area contributed by atoms with Gasteiger partial charge in [-0.1, -0.05) is 13.8 Å². The molecule has 1 aliphatic carbocycles. The average Bonchev–Trinajstić information content (AvgIpc) is 2.16. The fourth-order valence-electron chi connectivity index (χ4n) is 2.11. The summed E-state index contributed by atoms with van der Waals surface area (Å²) in [5, 5.41) is 0. The Morgan fingerprint density at radius 3 is 2.47 bits per heavy atom. The normalized spacial score (nSPS) is 18.7. The number of ketones is 1. The van der Waals surface area contributed by atoms with Crippen LogP contribution in [0.15, 0.2) is 12.1 Å². The van der Waals surface area contributed by atoms with Gasteiger partial charge in [0.05, 0.1) is 0 Å². The summed E-state index contributed by atoms with van der Waals surface area (Å²) in [6.07, 6.45) is 1.68. The lowest BCUT2D eigenvalue weighted by atomic mass is 9.72. The minimum atomic E-state index is -0.311. The molecular weight excluding hydrogens is 188 g/mol. The second kappa shape index (κ2) is 2.99. The van der Waals surface area contributed by atoms with Gasteiger partial charge in [0.2, 0.25) is 0 Å². The quantitative estimate of drug-likeness (QED) is 0.635. The smallest absolute Gasteiger partial charge is 0.170 e. The Hall–Kier alpha value is -1.51. The standard InChI is InChI=1S/C12H16N2O/c1-12(2)6-5-7-8(13)3-4-9(14)10(7)11(12)15/h3-4H,5-6,13-14H2,1-2H3. The molecule has 0 bridgehead atoms. The van der Waals surface area contributed by atoms with Crippen molar-refractivity contribution in [3.05, 3.63) is 23.3 Å². The molecule has 0 fully saturated rings. The molecule has 0 amide bonds. The number of nitrogens with two attached hydrogens (primary N) is 2. The van der Waals surface area contributed by atoms with E-state index in [0.29, 0.717) is 16.9 Å². The molecule has 1 aromatic rings. The molecule has 4 N–H and O–H groups in total. The molecule has 0 unspecified atom stereocenters. The molecule has 0 aromatic heterocycles. The first-order valence-corrected chi connectivity index (χ1v) is 5.15. The van der Waals surface area contributed by atoms with Crippen molar-refractivity contribution < 1.29 is 4.79 Å². The SMILES string of the molecule is CC1(C)CCc2c(N)ccc(N)c2C1=O. The molecular formula is C12H16N2O. The van der Waals surface area contributed by atoms with Crippen LogP contribution < -0.4 is 11.5 Å². The van der Waals surface area contributed by atoms with E-state index in [2.05, 4.69) is 0 Å². The van der Waals surface area contributed by atoms with Gasteiger partial charge in [0, 0.05) is 22.4 Å². The molecule has 0 heterocycles. The van der Waals surface area contributed by atoms with Crippen molar-refractivity contribution in [3.63, 3.8) is 0 Å². The monoisotopic (exact) mass is 204 g/mol. The van der Waals surface area contributed by atoms with Crippen molar-refractivity contribution >= 4 is 17.2 Å². The van der Waals surface area contributed by atoms with Crippen LogP contribution in [0, 0.1) is 5.41 Å². The molecule has 0 saturated carbocycles. The van der Waals surface area contributed by atoms with E-state index < -0.39 is 0 Å². The molecule has 2 rings (SSSR count). The Bertz CT molecular complexity index is 435. The molecule has 0 aliphatic heterocycles. The Morgan fingerprint density at radius 1 is 1.20 bits per heavy atom. The van der Waals surface area contributed by atoms with Crippen LogP contribution in [0.4, 0.5) is 11.4 Å². The lowest BCUT2D eigenvalue weighted by molar-refractivity contribution is 0.0812. The molecule has 15 heavy (non-hydrogen) atoms. The fourth-order valence-corrected chi connectivity index (χ4v) is 2.11. The van der Waals surface area contributed by atoms with Gasteiger partial charge in [0.1, 0.15) is 0 Å². The van der Waals surface area contributed by atoms with Crippen LogP contribution in [0.5, 0.6) is 0 Å². The zero-order valence-electron chi connectivity index (χ0n) is 9.13. The maximum atomic E-state index is 12.2. The van der Waals surface area contributed by atoms with E-state index in [1.165, 1.54) is 0 Å². The van der Waals surface area contributed by atoms with Gasteiger partial charge in [-0.25, -0.2) is 0 Å². The molecule has 1 aliphatic rings. The van der Waals surface area contributed by atoms with E-state index in [9.17, 15) is 4.79 Å². The molecule has 0 saturated heterocycles. The minimum Gasteiger partial charge on any atom is -0.398 e. The average molecular weight is 204 g/mol. The van der Waals surface area contributed by atoms with Crippen LogP contribution in [-0.4, -0.2) is 5.78 Å². The summed E-state index contributed by atoms with van der Waals surface area (Å²) in [4.78, 5) is 12.2. The Kier molecular flexibility index (Phi) is 2.00. The van der Waals surface area contributed by atoms with Gasteiger partial charge < -0.3 is 11.5 Å². The molecule has 0 radical (unpaired) electrons. The van der Waals surface area contributed by atoms with E-state index in [4.69, 9.17) is 11.5 Å². The number of carbonyl (C=O) groups excluding carboxylic acids is 1. The number of carbonyl (C=O) groups is 1. The Labute approximate surface area is 89.5 Å². The van der Waals surface area contributed by atoms with Gasteiger partial charge in [-0.3, -0.25) is 4.79 Å². The fraction of sp³-hybridized carbons (Fsp3) is 0.417. The molecule has 1 aromatic carbocycles. The number of Topliss-reactive ketones (excluding diaryl/α,β-unsaturated/α-hetero) is 1. The summed E-state index contributed by atoms with van der Waals surface area (Å²) in [6.45, 7) is 3.92.